The van der Waals surface area contributed by atoms with E-state index >= 15 is 0 Å². The molecular formula is C35H40N8O6. The van der Waals surface area contributed by atoms with Gasteiger partial charge in [0.1, 0.15) is 11.7 Å². The highest BCUT2D eigenvalue weighted by atomic mass is 16.4. The second-order valence-corrected chi connectivity index (χ2v) is 11.7. The fourth-order valence-electron chi connectivity index (χ4n) is 5.64. The van der Waals surface area contributed by atoms with Crippen molar-refractivity contribution in [2.24, 2.45) is 0 Å². The SMILES string of the molecule is Nc1nc2c(c(=O)n1NCCc1ccccc1)N(CCc1ccccc1)C(CNc1ccc(C(=O)NC(CCC(=O)O)C(=O)O)cc1)CN2. The molecule has 0 aliphatic carbocycles. The molecule has 0 radical (unpaired) electrons. The molecule has 2 heterocycles. The molecule has 0 saturated heterocycles. The van der Waals surface area contributed by atoms with E-state index in [0.717, 1.165) is 11.1 Å². The van der Waals surface area contributed by atoms with E-state index in [4.69, 9.17) is 10.8 Å². The van der Waals surface area contributed by atoms with E-state index < -0.39 is 23.9 Å². The molecule has 49 heavy (non-hydrogen) atoms. The number of carbonyl (C=O) groups is 3. The van der Waals surface area contributed by atoms with E-state index in [1.54, 1.807) is 24.3 Å². The van der Waals surface area contributed by atoms with Gasteiger partial charge in [-0.1, -0.05) is 60.7 Å². The zero-order valence-corrected chi connectivity index (χ0v) is 26.8. The molecule has 1 aliphatic rings. The van der Waals surface area contributed by atoms with Gasteiger partial charge in [0.25, 0.3) is 11.5 Å². The number of nitrogen functional groups attached to an aromatic ring is 1. The summed E-state index contributed by atoms with van der Waals surface area (Å²) >= 11 is 0. The number of carbonyl (C=O) groups excluding carboxylic acids is 1. The van der Waals surface area contributed by atoms with Gasteiger partial charge in [0.2, 0.25) is 5.95 Å². The highest BCUT2D eigenvalue weighted by molar-refractivity contribution is 5.97. The normalized spacial score (nSPS) is 14.2. The predicted molar refractivity (Wildman–Crippen MR) is 188 cm³/mol. The maximum absolute atomic E-state index is 14.0. The van der Waals surface area contributed by atoms with Gasteiger partial charge < -0.3 is 42.2 Å². The quantitative estimate of drug-likeness (QED) is 0.0921. The maximum Gasteiger partial charge on any atom is 0.326 e. The standard InChI is InChI=1S/C35H40N8O6/c36-35-41-31-30(33(47)43(35)39-19-17-23-7-3-1-4-8-23)42(20-18-24-9-5-2-6-10-24)27(22-38-31)21-37-26-13-11-25(12-14-26)32(46)40-28(34(48)49)15-16-29(44)45/h1-14,27-28,37-39H,15-22H2,(H2,36,41)(H,40,46)(H,44,45)(H,48,49). The summed E-state index contributed by atoms with van der Waals surface area (Å²) in [4.78, 5) is 55.6. The van der Waals surface area contributed by atoms with Crippen LogP contribution in [0.3, 0.4) is 0 Å². The van der Waals surface area contributed by atoms with Crippen molar-refractivity contribution in [3.05, 3.63) is 112 Å². The number of nitrogens with one attached hydrogen (secondary N) is 4. The van der Waals surface area contributed by atoms with Gasteiger partial charge in [-0.15, -0.1) is 0 Å². The van der Waals surface area contributed by atoms with Crippen LogP contribution in [-0.2, 0) is 22.4 Å². The summed E-state index contributed by atoms with van der Waals surface area (Å²) in [5.41, 5.74) is 12.7. The van der Waals surface area contributed by atoms with Crippen LogP contribution < -0.4 is 37.6 Å². The van der Waals surface area contributed by atoms with Crippen LogP contribution in [0.5, 0.6) is 0 Å². The van der Waals surface area contributed by atoms with E-state index in [0.29, 0.717) is 56.2 Å². The molecule has 256 valence electrons. The number of aliphatic carboxylic acids is 2. The molecule has 14 nitrogen and oxygen atoms in total. The van der Waals surface area contributed by atoms with E-state index in [1.165, 1.54) is 4.68 Å². The fraction of sp³-hybridized carbons (Fsp3) is 0.286. The van der Waals surface area contributed by atoms with Crippen LogP contribution in [0, 0.1) is 0 Å². The number of carboxylic acids is 2. The topological polar surface area (TPSA) is 204 Å². The molecule has 1 aliphatic heterocycles. The first-order valence-electron chi connectivity index (χ1n) is 16.0. The number of amides is 1. The number of hydrogen-bond donors (Lipinski definition) is 7. The second kappa shape index (κ2) is 16.2. The number of nitrogens with zero attached hydrogens (tertiary/aromatic N) is 3. The van der Waals surface area contributed by atoms with Gasteiger partial charge in [-0.25, -0.2) is 4.79 Å². The van der Waals surface area contributed by atoms with Crippen molar-refractivity contribution in [3.63, 3.8) is 0 Å². The lowest BCUT2D eigenvalue weighted by molar-refractivity contribution is -0.140. The smallest absolute Gasteiger partial charge is 0.326 e. The van der Waals surface area contributed by atoms with Crippen LogP contribution in [-0.4, -0.2) is 76.0 Å². The lowest BCUT2D eigenvalue weighted by Crippen LogP contribution is -2.52. The van der Waals surface area contributed by atoms with Crippen molar-refractivity contribution in [1.82, 2.24) is 15.0 Å². The van der Waals surface area contributed by atoms with Gasteiger partial charge in [-0.2, -0.15) is 9.66 Å². The number of rotatable bonds is 16. The minimum absolute atomic E-state index is 0.0598. The van der Waals surface area contributed by atoms with Crippen LogP contribution in [0.2, 0.25) is 0 Å². The number of anilines is 4. The highest BCUT2D eigenvalue weighted by Crippen LogP contribution is 2.28. The lowest BCUT2D eigenvalue weighted by Gasteiger charge is -2.39. The molecule has 1 aromatic heterocycles. The number of benzene rings is 3. The third-order valence-electron chi connectivity index (χ3n) is 8.27. The number of hydrogen-bond acceptors (Lipinski definition) is 10. The fourth-order valence-corrected chi connectivity index (χ4v) is 5.64. The minimum atomic E-state index is -1.32. The van der Waals surface area contributed by atoms with Gasteiger partial charge >= 0.3 is 11.9 Å². The van der Waals surface area contributed by atoms with Gasteiger partial charge in [-0.05, 0) is 54.7 Å². The molecule has 0 saturated carbocycles. The van der Waals surface area contributed by atoms with Crippen LogP contribution in [0.1, 0.15) is 34.3 Å². The number of fused-ring (bicyclic) bond motifs is 1. The number of carboxylic acid groups (broad SMARTS) is 2. The Balaban J connectivity index is 1.30. The molecule has 5 rings (SSSR count). The van der Waals surface area contributed by atoms with Crippen molar-refractivity contribution in [2.75, 3.05) is 52.9 Å². The number of aromatic nitrogens is 2. The third kappa shape index (κ3) is 9.06. The average molecular weight is 669 g/mol. The van der Waals surface area contributed by atoms with E-state index in [2.05, 4.69) is 31.3 Å². The van der Waals surface area contributed by atoms with Crippen LogP contribution in [0.15, 0.2) is 89.7 Å². The first-order chi connectivity index (χ1) is 23.7. The molecule has 0 spiro atoms. The summed E-state index contributed by atoms with van der Waals surface area (Å²) in [5.74, 6) is -2.59. The summed E-state index contributed by atoms with van der Waals surface area (Å²) in [5, 5.41) is 27.3. The maximum atomic E-state index is 14.0. The van der Waals surface area contributed by atoms with Gasteiger partial charge in [0, 0.05) is 43.9 Å². The average Bonchev–Trinajstić information content (AvgIpc) is 3.10. The van der Waals surface area contributed by atoms with Crippen molar-refractivity contribution in [3.8, 4) is 0 Å². The minimum Gasteiger partial charge on any atom is -0.481 e. The predicted octanol–water partition coefficient (Wildman–Crippen LogP) is 2.61. The molecule has 1 amide bonds. The largest absolute Gasteiger partial charge is 0.481 e. The molecule has 14 heteroatoms. The Kier molecular flexibility index (Phi) is 11.3. The highest BCUT2D eigenvalue weighted by Gasteiger charge is 2.31. The van der Waals surface area contributed by atoms with Gasteiger partial charge in [-0.3, -0.25) is 14.4 Å². The Bertz CT molecular complexity index is 1800. The first-order valence-corrected chi connectivity index (χ1v) is 16.0. The summed E-state index contributed by atoms with van der Waals surface area (Å²) in [6, 6.07) is 25.0. The Morgan fingerprint density at radius 2 is 1.59 bits per heavy atom. The van der Waals surface area contributed by atoms with Crippen molar-refractivity contribution >= 4 is 41.0 Å². The molecule has 8 N–H and O–H groups in total. The van der Waals surface area contributed by atoms with Gasteiger partial charge in [0.15, 0.2) is 5.82 Å². The van der Waals surface area contributed by atoms with Crippen LogP contribution in [0.25, 0.3) is 0 Å². The molecule has 2 atom stereocenters. The molecule has 0 fully saturated rings. The third-order valence-corrected chi connectivity index (χ3v) is 8.27. The van der Waals surface area contributed by atoms with E-state index in [-0.39, 0.29) is 36.0 Å². The van der Waals surface area contributed by atoms with Crippen LogP contribution >= 0.6 is 0 Å². The molecule has 2 unspecified atom stereocenters. The lowest BCUT2D eigenvalue weighted by atomic mass is 10.1. The molecule has 0 bridgehead atoms. The zero-order chi connectivity index (χ0) is 34.8. The van der Waals surface area contributed by atoms with Crippen LogP contribution in [0.4, 0.5) is 23.1 Å². The Morgan fingerprint density at radius 1 is 0.939 bits per heavy atom. The Labute approximate surface area is 282 Å². The number of nitrogens with two attached hydrogens (primary N) is 1. The Morgan fingerprint density at radius 3 is 2.22 bits per heavy atom. The summed E-state index contributed by atoms with van der Waals surface area (Å²) < 4.78 is 1.30. The van der Waals surface area contributed by atoms with Crippen molar-refractivity contribution in [1.29, 1.82) is 0 Å². The zero-order valence-electron chi connectivity index (χ0n) is 26.8. The summed E-state index contributed by atoms with van der Waals surface area (Å²) in [6.07, 6.45) is 0.768. The Hall–Kier alpha value is -6.05. The second-order valence-electron chi connectivity index (χ2n) is 11.7. The molecule has 4 aromatic rings. The van der Waals surface area contributed by atoms with E-state index in [9.17, 15) is 24.3 Å². The molecular weight excluding hydrogens is 628 g/mol. The monoisotopic (exact) mass is 668 g/mol. The van der Waals surface area contributed by atoms with E-state index in [1.807, 2.05) is 60.7 Å². The molecule has 3 aromatic carbocycles. The first kappa shape index (κ1) is 34.3. The summed E-state index contributed by atoms with van der Waals surface area (Å²) in [6.45, 7) is 1.94. The van der Waals surface area contributed by atoms with Crippen molar-refractivity contribution < 1.29 is 24.6 Å². The summed E-state index contributed by atoms with van der Waals surface area (Å²) in [7, 11) is 0. The van der Waals surface area contributed by atoms with Gasteiger partial charge in [0.05, 0.1) is 6.04 Å². The van der Waals surface area contributed by atoms with Crippen molar-refractivity contribution in [2.45, 2.75) is 37.8 Å².